The Bertz CT molecular complexity index is 1320. The molecule has 0 fully saturated rings. The lowest BCUT2D eigenvalue weighted by molar-refractivity contribution is -0.117. The van der Waals surface area contributed by atoms with E-state index in [1.165, 1.54) is 38.9 Å². The fourth-order valence-corrected chi connectivity index (χ4v) is 6.42. The van der Waals surface area contributed by atoms with Gasteiger partial charge in [-0.2, -0.15) is 0 Å². The van der Waals surface area contributed by atoms with Crippen LogP contribution in [-0.4, -0.2) is 21.8 Å². The van der Waals surface area contributed by atoms with Crippen LogP contribution in [0.25, 0.3) is 10.2 Å². The molecule has 0 saturated carbocycles. The number of amides is 1. The van der Waals surface area contributed by atoms with Crippen molar-refractivity contribution in [3.8, 4) is 0 Å². The average molecular weight is 453 g/mol. The van der Waals surface area contributed by atoms with Gasteiger partial charge in [0.1, 0.15) is 6.04 Å². The molecule has 0 spiro atoms. The summed E-state index contributed by atoms with van der Waals surface area (Å²) in [7, 11) is 0. The largest absolute Gasteiger partial charge is 0.503 e. The van der Waals surface area contributed by atoms with Crippen molar-refractivity contribution in [3.63, 3.8) is 0 Å². The molecule has 1 aromatic carbocycles. The summed E-state index contributed by atoms with van der Waals surface area (Å²) >= 11 is 4.13. The van der Waals surface area contributed by atoms with Crippen LogP contribution in [0.3, 0.4) is 0 Å². The Morgan fingerprint density at radius 1 is 1.13 bits per heavy atom. The first-order chi connectivity index (χ1) is 14.5. The lowest BCUT2D eigenvalue weighted by atomic mass is 10.0. The first-order valence-electron chi connectivity index (χ1n) is 9.22. The Morgan fingerprint density at radius 2 is 1.90 bits per heavy atom. The number of thiophene rings is 2. The molecule has 8 heteroatoms. The van der Waals surface area contributed by atoms with Gasteiger partial charge in [0.15, 0.2) is 10.9 Å². The fourth-order valence-electron chi connectivity index (χ4n) is 3.75. The summed E-state index contributed by atoms with van der Waals surface area (Å²) < 4.78 is 0.970. The minimum Gasteiger partial charge on any atom is -0.503 e. The molecule has 1 amide bonds. The summed E-state index contributed by atoms with van der Waals surface area (Å²) in [6.45, 7) is 4.01. The van der Waals surface area contributed by atoms with Crippen LogP contribution in [0.4, 0.5) is 5.13 Å². The van der Waals surface area contributed by atoms with E-state index in [9.17, 15) is 14.7 Å². The molecule has 0 saturated heterocycles. The van der Waals surface area contributed by atoms with Gasteiger partial charge in [0, 0.05) is 4.88 Å². The molecule has 5 rings (SSSR count). The van der Waals surface area contributed by atoms with Gasteiger partial charge in [0.25, 0.3) is 5.91 Å². The number of benzene rings is 1. The van der Waals surface area contributed by atoms with Crippen LogP contribution in [0.5, 0.6) is 0 Å². The van der Waals surface area contributed by atoms with Crippen LogP contribution in [0, 0.1) is 13.8 Å². The zero-order valence-corrected chi connectivity index (χ0v) is 18.5. The second kappa shape index (κ2) is 7.16. The van der Waals surface area contributed by atoms with E-state index >= 15 is 0 Å². The number of carbonyl (C=O) groups is 2. The number of Topliss-reactive ketones (excluding diaryl/α,β-unsaturated/α-hetero) is 1. The molecule has 4 aromatic rings. The Morgan fingerprint density at radius 3 is 2.60 bits per heavy atom. The zero-order valence-electron chi connectivity index (χ0n) is 16.1. The fraction of sp³-hybridized carbons (Fsp3) is 0.136. The van der Waals surface area contributed by atoms with Gasteiger partial charge in [-0.25, -0.2) is 4.98 Å². The molecule has 1 unspecified atom stereocenters. The highest BCUT2D eigenvalue weighted by atomic mass is 32.1. The van der Waals surface area contributed by atoms with Crippen molar-refractivity contribution in [3.05, 3.63) is 79.4 Å². The molecule has 0 bridgehead atoms. The van der Waals surface area contributed by atoms with Gasteiger partial charge in [0.2, 0.25) is 5.78 Å². The number of ketones is 1. The maximum Gasteiger partial charge on any atom is 0.296 e. The molecule has 1 aliphatic rings. The first-order valence-corrected chi connectivity index (χ1v) is 11.8. The molecule has 1 atom stereocenters. The van der Waals surface area contributed by atoms with Crippen molar-refractivity contribution in [1.82, 2.24) is 4.98 Å². The van der Waals surface area contributed by atoms with Crippen LogP contribution in [-0.2, 0) is 4.79 Å². The average Bonchev–Trinajstić information content (AvgIpc) is 3.49. The summed E-state index contributed by atoms with van der Waals surface area (Å²) in [5.41, 5.74) is 3.08. The summed E-state index contributed by atoms with van der Waals surface area (Å²) in [5, 5.41) is 14.9. The summed E-state index contributed by atoms with van der Waals surface area (Å²) in [5.74, 6) is -1.43. The van der Waals surface area contributed by atoms with Crippen LogP contribution in [0.15, 0.2) is 58.5 Å². The molecule has 4 heterocycles. The van der Waals surface area contributed by atoms with E-state index in [0.717, 1.165) is 26.2 Å². The lowest BCUT2D eigenvalue weighted by Crippen LogP contribution is -2.30. The number of carbonyl (C=O) groups excluding carboxylic acids is 2. The molecule has 3 aromatic heterocycles. The van der Waals surface area contributed by atoms with Crippen molar-refractivity contribution in [1.29, 1.82) is 0 Å². The summed E-state index contributed by atoms with van der Waals surface area (Å²) in [6.07, 6.45) is 0. The number of anilines is 1. The highest BCUT2D eigenvalue weighted by molar-refractivity contribution is 7.22. The number of nitrogens with zero attached hydrogens (tertiary/aromatic N) is 2. The Kier molecular flexibility index (Phi) is 4.57. The van der Waals surface area contributed by atoms with Gasteiger partial charge in [-0.3, -0.25) is 14.5 Å². The van der Waals surface area contributed by atoms with Crippen molar-refractivity contribution in [2.75, 3.05) is 4.90 Å². The molecule has 1 N–H and O–H groups in total. The number of aromatic nitrogens is 1. The van der Waals surface area contributed by atoms with Gasteiger partial charge in [-0.1, -0.05) is 29.5 Å². The Labute approximate surface area is 184 Å². The van der Waals surface area contributed by atoms with E-state index in [1.807, 2.05) is 37.4 Å². The van der Waals surface area contributed by atoms with Crippen LogP contribution in [0.1, 0.15) is 31.7 Å². The minimum atomic E-state index is -0.700. The van der Waals surface area contributed by atoms with Gasteiger partial charge in [0.05, 0.1) is 20.7 Å². The Balaban J connectivity index is 1.68. The summed E-state index contributed by atoms with van der Waals surface area (Å²) in [6, 6.07) is 10.6. The normalized spacial score (nSPS) is 16.8. The molecular formula is C22H16N2O3S3. The SMILES string of the molecule is Cc1cc(C)c2nc(N3C(=O)C(O)=C(C(=O)c4cccs4)C3c3cccs3)sc2c1. The lowest BCUT2D eigenvalue weighted by Gasteiger charge is -2.22. The van der Waals surface area contributed by atoms with Crippen LogP contribution in [0.2, 0.25) is 0 Å². The zero-order chi connectivity index (χ0) is 21.0. The van der Waals surface area contributed by atoms with E-state index in [1.54, 1.807) is 17.5 Å². The highest BCUT2D eigenvalue weighted by Gasteiger charge is 2.46. The third-order valence-electron chi connectivity index (χ3n) is 5.04. The van der Waals surface area contributed by atoms with Crippen molar-refractivity contribution >= 4 is 61.0 Å². The number of aryl methyl sites for hydroxylation is 2. The monoisotopic (exact) mass is 452 g/mol. The van der Waals surface area contributed by atoms with E-state index in [0.29, 0.717) is 10.0 Å². The second-order valence-electron chi connectivity index (χ2n) is 7.09. The highest BCUT2D eigenvalue weighted by Crippen LogP contribution is 2.45. The van der Waals surface area contributed by atoms with Gasteiger partial charge < -0.3 is 5.11 Å². The molecule has 30 heavy (non-hydrogen) atoms. The van der Waals surface area contributed by atoms with Crippen LogP contribution < -0.4 is 4.90 Å². The van der Waals surface area contributed by atoms with Gasteiger partial charge >= 0.3 is 0 Å². The second-order valence-corrected chi connectivity index (χ2v) is 10.0. The topological polar surface area (TPSA) is 70.5 Å². The van der Waals surface area contributed by atoms with Gasteiger partial charge in [-0.05, 0) is 53.9 Å². The predicted octanol–water partition coefficient (Wildman–Crippen LogP) is 5.82. The number of aliphatic hydroxyl groups is 1. The van der Waals surface area contributed by atoms with Crippen LogP contribution >= 0.6 is 34.0 Å². The molecular weight excluding hydrogens is 436 g/mol. The van der Waals surface area contributed by atoms with E-state index in [2.05, 4.69) is 6.07 Å². The standard InChI is InChI=1S/C22H16N2O3S3/c1-11-9-12(2)17-15(10-11)30-22(23-17)24-18(13-5-3-7-28-13)16(20(26)21(24)27)19(25)14-6-4-8-29-14/h3-10,18,26H,1-2H3. The predicted molar refractivity (Wildman–Crippen MR) is 122 cm³/mol. The smallest absolute Gasteiger partial charge is 0.296 e. The van der Waals surface area contributed by atoms with Crippen molar-refractivity contribution < 1.29 is 14.7 Å². The molecule has 1 aliphatic heterocycles. The van der Waals surface area contributed by atoms with E-state index < -0.39 is 17.7 Å². The maximum atomic E-state index is 13.2. The summed E-state index contributed by atoms with van der Waals surface area (Å²) in [4.78, 5) is 33.9. The third-order valence-corrected chi connectivity index (χ3v) is 7.83. The third kappa shape index (κ3) is 2.91. The number of thiazole rings is 1. The number of hydrogen-bond acceptors (Lipinski definition) is 7. The molecule has 0 aliphatic carbocycles. The molecule has 0 radical (unpaired) electrons. The van der Waals surface area contributed by atoms with Crippen molar-refractivity contribution in [2.24, 2.45) is 0 Å². The molecule has 150 valence electrons. The number of aliphatic hydroxyl groups excluding tert-OH is 1. The minimum absolute atomic E-state index is 0.108. The van der Waals surface area contributed by atoms with E-state index in [4.69, 9.17) is 4.98 Å². The first kappa shape index (κ1) is 19.2. The van der Waals surface area contributed by atoms with E-state index in [-0.39, 0.29) is 11.4 Å². The maximum absolute atomic E-state index is 13.2. The molecule has 5 nitrogen and oxygen atoms in total. The number of hydrogen-bond donors (Lipinski definition) is 1. The quantitative estimate of drug-likeness (QED) is 0.396. The van der Waals surface area contributed by atoms with Crippen molar-refractivity contribution in [2.45, 2.75) is 19.9 Å². The van der Waals surface area contributed by atoms with Gasteiger partial charge in [-0.15, -0.1) is 22.7 Å². The Hall–Kier alpha value is -2.81. The number of fused-ring (bicyclic) bond motifs is 1. The number of rotatable bonds is 4.